The van der Waals surface area contributed by atoms with E-state index in [1.165, 1.54) is 17.2 Å². The molecule has 3 aliphatic rings. The molecule has 2 atom stereocenters. The molecule has 9 nitrogen and oxygen atoms in total. The molecule has 1 aromatic carbocycles. The predicted molar refractivity (Wildman–Crippen MR) is 119 cm³/mol. The van der Waals surface area contributed by atoms with E-state index in [9.17, 15) is 18.8 Å². The number of hydrogen-bond acceptors (Lipinski definition) is 5. The molecule has 0 bridgehead atoms. The summed E-state index contributed by atoms with van der Waals surface area (Å²) in [5.41, 5.74) is 3.80. The van der Waals surface area contributed by atoms with Gasteiger partial charge >= 0.3 is 0 Å². The van der Waals surface area contributed by atoms with Crippen molar-refractivity contribution in [3.8, 4) is 0 Å². The molecule has 10 heteroatoms. The van der Waals surface area contributed by atoms with Gasteiger partial charge in [0.25, 0.3) is 11.8 Å². The third kappa shape index (κ3) is 4.07. The number of aromatic amines is 1. The number of amides is 3. The molecule has 0 aliphatic carbocycles. The first-order chi connectivity index (χ1) is 16.3. The summed E-state index contributed by atoms with van der Waals surface area (Å²) in [5.74, 6) is -1.17. The highest BCUT2D eigenvalue weighted by Crippen LogP contribution is 2.32. The molecule has 0 saturated carbocycles. The molecule has 5 rings (SSSR count). The summed E-state index contributed by atoms with van der Waals surface area (Å²) in [5, 5.41) is 4.06. The summed E-state index contributed by atoms with van der Waals surface area (Å²) in [4.78, 5) is 48.6. The zero-order valence-corrected chi connectivity index (χ0v) is 19.2. The summed E-state index contributed by atoms with van der Waals surface area (Å²) >= 11 is 0. The van der Waals surface area contributed by atoms with Crippen LogP contribution in [0.3, 0.4) is 0 Å². The fourth-order valence-corrected chi connectivity index (χ4v) is 4.92. The second kappa shape index (κ2) is 8.84. The summed E-state index contributed by atoms with van der Waals surface area (Å²) in [7, 11) is 0. The van der Waals surface area contributed by atoms with E-state index in [1.807, 2.05) is 0 Å². The molecule has 0 radical (unpaired) electrons. The third-order valence-corrected chi connectivity index (χ3v) is 6.70. The van der Waals surface area contributed by atoms with Crippen LogP contribution in [0.2, 0.25) is 0 Å². The number of hydrogen-bond donors (Lipinski definition) is 2. The lowest BCUT2D eigenvalue weighted by Crippen LogP contribution is -2.44. The van der Waals surface area contributed by atoms with Crippen LogP contribution in [0.4, 0.5) is 10.1 Å². The van der Waals surface area contributed by atoms with E-state index in [0.717, 1.165) is 12.8 Å². The van der Waals surface area contributed by atoms with Gasteiger partial charge in [-0.3, -0.25) is 19.2 Å². The highest BCUT2D eigenvalue weighted by Gasteiger charge is 2.37. The smallest absolute Gasteiger partial charge is 0.271 e. The van der Waals surface area contributed by atoms with Gasteiger partial charge in [-0.05, 0) is 56.0 Å². The van der Waals surface area contributed by atoms with Crippen molar-refractivity contribution in [3.63, 3.8) is 0 Å². The van der Waals surface area contributed by atoms with Crippen molar-refractivity contribution in [1.82, 2.24) is 15.4 Å². The number of aromatic nitrogens is 1. The Balaban J connectivity index is 1.27. The van der Waals surface area contributed by atoms with Gasteiger partial charge in [-0.25, -0.2) is 9.45 Å². The van der Waals surface area contributed by atoms with Crippen LogP contribution in [-0.2, 0) is 32.1 Å². The van der Waals surface area contributed by atoms with Gasteiger partial charge < -0.3 is 19.9 Å². The van der Waals surface area contributed by atoms with Crippen LogP contribution >= 0.6 is 0 Å². The molecule has 180 valence electrons. The summed E-state index contributed by atoms with van der Waals surface area (Å²) < 4.78 is 19.1. The van der Waals surface area contributed by atoms with Gasteiger partial charge in [-0.1, -0.05) is 0 Å². The summed E-state index contributed by atoms with van der Waals surface area (Å²) in [6, 6.07) is 3.54. The van der Waals surface area contributed by atoms with Crippen LogP contribution in [0.25, 0.3) is 0 Å². The molecule has 3 amide bonds. The Kier molecular flexibility index (Phi) is 5.86. The van der Waals surface area contributed by atoms with Crippen molar-refractivity contribution >= 4 is 23.4 Å². The SMILES string of the molecule is Cc1[nH]c(CN2C(=O)Cc3cc(F)ccc32)c(C)c1C(=O)NC1CON(C[C@H]2CCCO2)C1=O. The molecule has 2 fully saturated rings. The normalized spacial score (nSPS) is 22.1. The average Bonchev–Trinajstić information content (AvgIpc) is 3.54. The minimum absolute atomic E-state index is 0.0370. The minimum Gasteiger partial charge on any atom is -0.376 e. The largest absolute Gasteiger partial charge is 0.376 e. The van der Waals surface area contributed by atoms with Gasteiger partial charge in [-0.2, -0.15) is 0 Å². The number of ether oxygens (including phenoxy) is 1. The maximum absolute atomic E-state index is 13.5. The number of aryl methyl sites for hydroxylation is 1. The Morgan fingerprint density at radius 3 is 2.88 bits per heavy atom. The van der Waals surface area contributed by atoms with Crippen LogP contribution in [0.5, 0.6) is 0 Å². The van der Waals surface area contributed by atoms with E-state index in [-0.39, 0.29) is 49.2 Å². The van der Waals surface area contributed by atoms with Gasteiger partial charge in [0, 0.05) is 23.7 Å². The molecule has 0 spiro atoms. The van der Waals surface area contributed by atoms with Gasteiger partial charge in [0.1, 0.15) is 18.5 Å². The van der Waals surface area contributed by atoms with E-state index in [2.05, 4.69) is 10.3 Å². The average molecular weight is 471 g/mol. The number of fused-ring (bicyclic) bond motifs is 1. The molecular weight excluding hydrogens is 443 g/mol. The van der Waals surface area contributed by atoms with Gasteiger partial charge in [0.05, 0.1) is 31.2 Å². The van der Waals surface area contributed by atoms with E-state index in [4.69, 9.17) is 9.57 Å². The first-order valence-electron chi connectivity index (χ1n) is 11.5. The minimum atomic E-state index is -0.770. The predicted octanol–water partition coefficient (Wildman–Crippen LogP) is 1.91. The Bertz CT molecular complexity index is 1160. The molecular formula is C24H27FN4O5. The zero-order valence-electron chi connectivity index (χ0n) is 19.2. The Morgan fingerprint density at radius 2 is 2.12 bits per heavy atom. The monoisotopic (exact) mass is 470 g/mol. The quantitative estimate of drug-likeness (QED) is 0.671. The van der Waals surface area contributed by atoms with Crippen LogP contribution in [0.15, 0.2) is 18.2 Å². The number of H-pyrrole nitrogens is 1. The zero-order chi connectivity index (χ0) is 24.0. The van der Waals surface area contributed by atoms with E-state index in [0.29, 0.717) is 46.9 Å². The summed E-state index contributed by atoms with van der Waals surface area (Å²) in [6.45, 7) is 4.92. The maximum atomic E-state index is 13.5. The topological polar surface area (TPSA) is 104 Å². The molecule has 34 heavy (non-hydrogen) atoms. The fourth-order valence-electron chi connectivity index (χ4n) is 4.92. The third-order valence-electron chi connectivity index (χ3n) is 6.70. The Morgan fingerprint density at radius 1 is 1.29 bits per heavy atom. The first kappa shape index (κ1) is 22.5. The highest BCUT2D eigenvalue weighted by atomic mass is 19.1. The van der Waals surface area contributed by atoms with Crippen LogP contribution < -0.4 is 10.2 Å². The number of nitrogens with zero attached hydrogens (tertiary/aromatic N) is 2. The Labute approximate surface area is 196 Å². The lowest BCUT2D eigenvalue weighted by molar-refractivity contribution is -0.168. The van der Waals surface area contributed by atoms with Gasteiger partial charge in [0.15, 0.2) is 0 Å². The number of rotatable bonds is 6. The second-order valence-corrected chi connectivity index (χ2v) is 9.01. The molecule has 3 aliphatic heterocycles. The van der Waals surface area contributed by atoms with Crippen LogP contribution in [-0.4, -0.2) is 59.7 Å². The molecule has 4 heterocycles. The molecule has 2 aromatic rings. The maximum Gasteiger partial charge on any atom is 0.271 e. The van der Waals surface area contributed by atoms with E-state index in [1.54, 1.807) is 24.8 Å². The van der Waals surface area contributed by atoms with E-state index < -0.39 is 6.04 Å². The number of carbonyl (C=O) groups excluding carboxylic acids is 3. The van der Waals surface area contributed by atoms with Crippen LogP contribution in [0.1, 0.15) is 45.7 Å². The second-order valence-electron chi connectivity index (χ2n) is 9.01. The number of halogens is 1. The highest BCUT2D eigenvalue weighted by molar-refractivity contribution is 6.02. The van der Waals surface area contributed by atoms with Crippen molar-refractivity contribution in [2.45, 2.75) is 51.8 Å². The Hall–Kier alpha value is -3.24. The molecule has 2 saturated heterocycles. The molecule has 2 N–H and O–H groups in total. The van der Waals surface area contributed by atoms with Crippen molar-refractivity contribution in [2.75, 3.05) is 24.7 Å². The van der Waals surface area contributed by atoms with Crippen molar-refractivity contribution in [1.29, 1.82) is 0 Å². The number of nitrogens with one attached hydrogen (secondary N) is 2. The summed E-state index contributed by atoms with van der Waals surface area (Å²) in [6.07, 6.45) is 1.95. The lowest BCUT2D eigenvalue weighted by Gasteiger charge is -2.18. The fraction of sp³-hybridized carbons (Fsp3) is 0.458. The number of anilines is 1. The lowest BCUT2D eigenvalue weighted by atomic mass is 10.1. The number of carbonyl (C=O) groups is 3. The number of benzene rings is 1. The van der Waals surface area contributed by atoms with Crippen molar-refractivity contribution in [2.24, 2.45) is 0 Å². The first-order valence-corrected chi connectivity index (χ1v) is 11.5. The van der Waals surface area contributed by atoms with Crippen molar-refractivity contribution < 1.29 is 28.3 Å². The molecule has 1 aromatic heterocycles. The number of hydroxylamine groups is 2. The van der Waals surface area contributed by atoms with Crippen molar-refractivity contribution in [3.05, 3.63) is 52.1 Å². The molecule has 1 unspecified atom stereocenters. The standard InChI is InChI=1S/C24H27FN4O5/c1-13-18(11-28-20-6-5-16(25)8-15(20)9-21(28)30)26-14(2)22(13)23(31)27-19-12-34-29(24(19)32)10-17-4-3-7-33-17/h5-6,8,17,19,26H,3-4,7,9-12H2,1-2H3,(H,27,31)/t17-,19?/m1/s1. The van der Waals surface area contributed by atoms with Gasteiger partial charge in [0.2, 0.25) is 5.91 Å². The van der Waals surface area contributed by atoms with E-state index >= 15 is 0 Å². The van der Waals surface area contributed by atoms with Gasteiger partial charge in [-0.15, -0.1) is 0 Å². The van der Waals surface area contributed by atoms with Crippen LogP contribution in [0, 0.1) is 19.7 Å².